The second kappa shape index (κ2) is 5.67. The zero-order chi connectivity index (χ0) is 11.3. The molecule has 1 heterocycles. The van der Waals surface area contributed by atoms with E-state index in [1.165, 1.54) is 11.3 Å². The van der Waals surface area contributed by atoms with Crippen molar-refractivity contribution in [2.45, 2.75) is 6.42 Å². The van der Waals surface area contributed by atoms with Crippen LogP contribution in [0.5, 0.6) is 0 Å². The molecule has 84 valence electrons. The minimum Gasteiger partial charge on any atom is -0.375 e. The zero-order valence-corrected chi connectivity index (χ0v) is 9.80. The Hall–Kier alpha value is -1.14. The Morgan fingerprint density at radius 3 is 3.00 bits per heavy atom. The fourth-order valence-electron chi connectivity index (χ4n) is 1.10. The Kier molecular flexibility index (Phi) is 4.51. The average molecular weight is 228 g/mol. The lowest BCUT2D eigenvalue weighted by atomic mass is 10.3. The Labute approximate surface area is 93.3 Å². The summed E-state index contributed by atoms with van der Waals surface area (Å²) in [7, 11) is 3.65. The van der Waals surface area contributed by atoms with Crippen LogP contribution in [0.1, 0.15) is 5.69 Å². The van der Waals surface area contributed by atoms with Crippen LogP contribution >= 0.6 is 11.3 Å². The number of nitrogens with two attached hydrogens (primary N) is 1. The first-order valence-electron chi connectivity index (χ1n) is 4.72. The highest BCUT2D eigenvalue weighted by Crippen LogP contribution is 2.11. The Bertz CT molecular complexity index is 326. The number of amides is 1. The summed E-state index contributed by atoms with van der Waals surface area (Å²) in [5.74, 6) is 0.0653. The van der Waals surface area contributed by atoms with Gasteiger partial charge in [0.05, 0.1) is 12.1 Å². The molecule has 0 bridgehead atoms. The van der Waals surface area contributed by atoms with E-state index in [9.17, 15) is 4.79 Å². The molecule has 1 amide bonds. The lowest BCUT2D eigenvalue weighted by Gasteiger charge is -2.15. The SMILES string of the molecule is CNCCN(C)C(=O)Cc1csc(N)n1. The van der Waals surface area contributed by atoms with Gasteiger partial charge >= 0.3 is 0 Å². The minimum atomic E-state index is 0.0653. The number of hydrogen-bond donors (Lipinski definition) is 2. The number of aromatic nitrogens is 1. The molecule has 0 saturated heterocycles. The highest BCUT2D eigenvalue weighted by molar-refractivity contribution is 7.13. The predicted octanol–water partition coefficient (Wildman–Crippen LogP) is -0.0544. The summed E-state index contributed by atoms with van der Waals surface area (Å²) in [5.41, 5.74) is 6.23. The third kappa shape index (κ3) is 3.85. The Morgan fingerprint density at radius 2 is 2.47 bits per heavy atom. The first-order chi connectivity index (χ1) is 7.13. The zero-order valence-electron chi connectivity index (χ0n) is 8.99. The fourth-order valence-corrected chi connectivity index (χ4v) is 1.66. The van der Waals surface area contributed by atoms with Gasteiger partial charge in [0, 0.05) is 25.5 Å². The van der Waals surface area contributed by atoms with Crippen molar-refractivity contribution >= 4 is 22.4 Å². The monoisotopic (exact) mass is 228 g/mol. The van der Waals surface area contributed by atoms with Crippen LogP contribution in [0.3, 0.4) is 0 Å². The molecule has 0 aliphatic carbocycles. The van der Waals surface area contributed by atoms with Gasteiger partial charge in [0.15, 0.2) is 5.13 Å². The van der Waals surface area contributed by atoms with E-state index in [0.717, 1.165) is 12.2 Å². The van der Waals surface area contributed by atoms with E-state index in [1.54, 1.807) is 11.9 Å². The molecule has 0 saturated carbocycles. The van der Waals surface area contributed by atoms with Gasteiger partial charge in [0.25, 0.3) is 0 Å². The minimum absolute atomic E-state index is 0.0653. The van der Waals surface area contributed by atoms with Gasteiger partial charge in [-0.05, 0) is 7.05 Å². The molecule has 0 aliphatic heterocycles. The maximum Gasteiger partial charge on any atom is 0.228 e. The molecule has 15 heavy (non-hydrogen) atoms. The van der Waals surface area contributed by atoms with Gasteiger partial charge in [0.2, 0.25) is 5.91 Å². The van der Waals surface area contributed by atoms with Crippen LogP contribution in [-0.2, 0) is 11.2 Å². The summed E-state index contributed by atoms with van der Waals surface area (Å²) in [4.78, 5) is 17.4. The number of rotatable bonds is 5. The van der Waals surface area contributed by atoms with Gasteiger partial charge in [-0.1, -0.05) is 0 Å². The largest absolute Gasteiger partial charge is 0.375 e. The summed E-state index contributed by atoms with van der Waals surface area (Å²) >= 11 is 1.36. The molecule has 5 nitrogen and oxygen atoms in total. The van der Waals surface area contributed by atoms with Gasteiger partial charge in [-0.15, -0.1) is 11.3 Å². The number of thiazole rings is 1. The van der Waals surface area contributed by atoms with Crippen LogP contribution < -0.4 is 11.1 Å². The molecular formula is C9H16N4OS. The molecule has 0 atom stereocenters. The van der Waals surface area contributed by atoms with Crippen molar-refractivity contribution in [2.24, 2.45) is 0 Å². The van der Waals surface area contributed by atoms with Crippen molar-refractivity contribution in [1.29, 1.82) is 0 Å². The second-order valence-corrected chi connectivity index (χ2v) is 4.16. The van der Waals surface area contributed by atoms with Crippen LogP contribution in [0.15, 0.2) is 5.38 Å². The average Bonchev–Trinajstić information content (AvgIpc) is 2.60. The summed E-state index contributed by atoms with van der Waals surface area (Å²) in [6.07, 6.45) is 0.327. The number of nitrogens with one attached hydrogen (secondary N) is 1. The number of carbonyl (C=O) groups is 1. The van der Waals surface area contributed by atoms with Crippen LogP contribution in [0.4, 0.5) is 5.13 Å². The van der Waals surface area contributed by atoms with Gasteiger partial charge in [0.1, 0.15) is 0 Å². The van der Waals surface area contributed by atoms with Crippen molar-refractivity contribution in [1.82, 2.24) is 15.2 Å². The smallest absolute Gasteiger partial charge is 0.228 e. The molecule has 0 radical (unpaired) electrons. The molecule has 0 spiro atoms. The molecule has 0 unspecified atom stereocenters. The molecule has 0 aromatic carbocycles. The van der Waals surface area contributed by atoms with Gasteiger partial charge in [-0.3, -0.25) is 4.79 Å². The maximum absolute atomic E-state index is 11.6. The van der Waals surface area contributed by atoms with E-state index in [0.29, 0.717) is 18.1 Å². The third-order valence-corrected chi connectivity index (χ3v) is 2.75. The number of likely N-dealkylation sites (N-methyl/N-ethyl adjacent to an activating group) is 2. The van der Waals surface area contributed by atoms with Crippen molar-refractivity contribution < 1.29 is 4.79 Å². The van der Waals surface area contributed by atoms with Crippen molar-refractivity contribution in [2.75, 3.05) is 32.9 Å². The first kappa shape index (κ1) is 11.9. The van der Waals surface area contributed by atoms with E-state index >= 15 is 0 Å². The molecule has 6 heteroatoms. The van der Waals surface area contributed by atoms with E-state index in [-0.39, 0.29) is 5.91 Å². The lowest BCUT2D eigenvalue weighted by molar-refractivity contribution is -0.129. The number of carbonyl (C=O) groups excluding carboxylic acids is 1. The highest BCUT2D eigenvalue weighted by atomic mass is 32.1. The standard InChI is InChI=1S/C9H16N4OS/c1-11-3-4-13(2)8(14)5-7-6-15-9(10)12-7/h6,11H,3-5H2,1-2H3,(H2,10,12). The van der Waals surface area contributed by atoms with Crippen LogP contribution in [-0.4, -0.2) is 43.0 Å². The van der Waals surface area contributed by atoms with Gasteiger partial charge in [-0.25, -0.2) is 4.98 Å². The van der Waals surface area contributed by atoms with Crippen molar-refractivity contribution in [3.8, 4) is 0 Å². The number of anilines is 1. The topological polar surface area (TPSA) is 71.2 Å². The summed E-state index contributed by atoms with van der Waals surface area (Å²) in [5, 5.41) is 5.32. The van der Waals surface area contributed by atoms with E-state index in [4.69, 9.17) is 5.73 Å². The fraction of sp³-hybridized carbons (Fsp3) is 0.556. The summed E-state index contributed by atoms with van der Waals surface area (Å²) in [6.45, 7) is 1.50. The quantitative estimate of drug-likeness (QED) is 0.741. The van der Waals surface area contributed by atoms with E-state index < -0.39 is 0 Å². The Morgan fingerprint density at radius 1 is 1.73 bits per heavy atom. The number of nitrogens with zero attached hydrogens (tertiary/aromatic N) is 2. The molecule has 0 aliphatic rings. The lowest BCUT2D eigenvalue weighted by Crippen LogP contribution is -2.33. The van der Waals surface area contributed by atoms with Crippen LogP contribution in [0.25, 0.3) is 0 Å². The number of hydrogen-bond acceptors (Lipinski definition) is 5. The second-order valence-electron chi connectivity index (χ2n) is 3.27. The molecule has 1 aromatic rings. The third-order valence-electron chi connectivity index (χ3n) is 2.02. The van der Waals surface area contributed by atoms with E-state index in [1.807, 2.05) is 12.4 Å². The molecular weight excluding hydrogens is 212 g/mol. The highest BCUT2D eigenvalue weighted by Gasteiger charge is 2.10. The Balaban J connectivity index is 2.41. The molecule has 0 fully saturated rings. The first-order valence-corrected chi connectivity index (χ1v) is 5.60. The van der Waals surface area contributed by atoms with E-state index in [2.05, 4.69) is 10.3 Å². The van der Waals surface area contributed by atoms with Crippen LogP contribution in [0.2, 0.25) is 0 Å². The molecule has 1 rings (SSSR count). The number of nitrogen functional groups attached to an aromatic ring is 1. The van der Waals surface area contributed by atoms with Gasteiger partial charge in [-0.2, -0.15) is 0 Å². The molecule has 3 N–H and O–H groups in total. The van der Waals surface area contributed by atoms with Crippen LogP contribution in [0, 0.1) is 0 Å². The summed E-state index contributed by atoms with van der Waals surface area (Å²) < 4.78 is 0. The normalized spacial score (nSPS) is 10.3. The van der Waals surface area contributed by atoms with Crippen molar-refractivity contribution in [3.63, 3.8) is 0 Å². The van der Waals surface area contributed by atoms with Gasteiger partial charge < -0.3 is 16.0 Å². The predicted molar refractivity (Wildman–Crippen MR) is 61.8 cm³/mol. The van der Waals surface area contributed by atoms with Crippen molar-refractivity contribution in [3.05, 3.63) is 11.1 Å². The summed E-state index contributed by atoms with van der Waals surface area (Å²) in [6, 6.07) is 0. The molecule has 1 aromatic heterocycles. The maximum atomic E-state index is 11.6.